The maximum Gasteiger partial charge on any atom is 0.306 e. The van der Waals surface area contributed by atoms with E-state index < -0.39 is 5.97 Å². The normalized spacial score (nSPS) is 11.1. The van der Waals surface area contributed by atoms with Crippen LogP contribution in [0.3, 0.4) is 0 Å². The van der Waals surface area contributed by atoms with Crippen molar-refractivity contribution in [3.8, 4) is 0 Å². The van der Waals surface area contributed by atoms with Gasteiger partial charge in [-0.3, -0.25) is 9.59 Å². The zero-order valence-corrected chi connectivity index (χ0v) is 19.5. The third-order valence-electron chi connectivity index (χ3n) is 5.41. The summed E-state index contributed by atoms with van der Waals surface area (Å²) < 4.78 is 8.39. The van der Waals surface area contributed by atoms with Crippen LogP contribution in [0, 0.1) is 13.8 Å². The maximum absolute atomic E-state index is 12.7. The van der Waals surface area contributed by atoms with Gasteiger partial charge in [-0.1, -0.05) is 41.9 Å². The minimum Gasteiger partial charge on any atom is -0.457 e. The highest BCUT2D eigenvalue weighted by Crippen LogP contribution is 2.23. The van der Waals surface area contributed by atoms with Crippen molar-refractivity contribution in [2.24, 2.45) is 0 Å². The number of rotatable bonds is 8. The summed E-state index contributed by atoms with van der Waals surface area (Å²) in [5, 5.41) is 1.58. The molecule has 0 saturated carbocycles. The van der Waals surface area contributed by atoms with Crippen LogP contribution in [-0.2, 0) is 22.5 Å². The SMILES string of the molecule is Cc1cc(C(=O)COC(=O)CCc2nc3ccccc3s2)c(C)n1Cc1ccccc1Cl. The Hall–Kier alpha value is -2.96. The molecule has 2 heterocycles. The van der Waals surface area contributed by atoms with Crippen LogP contribution in [0.25, 0.3) is 10.2 Å². The van der Waals surface area contributed by atoms with E-state index in [0.717, 1.165) is 32.2 Å². The first kappa shape index (κ1) is 22.2. The lowest BCUT2D eigenvalue weighted by atomic mass is 10.1. The van der Waals surface area contributed by atoms with E-state index in [-0.39, 0.29) is 18.8 Å². The van der Waals surface area contributed by atoms with Gasteiger partial charge in [0.2, 0.25) is 5.78 Å². The molecular weight excluding hydrogens is 444 g/mol. The predicted molar refractivity (Wildman–Crippen MR) is 128 cm³/mol. The third-order valence-corrected chi connectivity index (χ3v) is 6.87. The quantitative estimate of drug-likeness (QED) is 0.244. The number of hydrogen-bond donors (Lipinski definition) is 0. The lowest BCUT2D eigenvalue weighted by molar-refractivity contribution is -0.142. The molecular formula is C25H23ClN2O3S. The number of fused-ring (bicyclic) bond motifs is 1. The van der Waals surface area contributed by atoms with Crippen molar-refractivity contribution >= 4 is 44.9 Å². The number of aryl methyl sites for hydroxylation is 2. The average Bonchev–Trinajstić information content (AvgIpc) is 3.33. The van der Waals surface area contributed by atoms with Crippen LogP contribution in [0.4, 0.5) is 0 Å². The molecule has 0 aliphatic heterocycles. The number of hydrogen-bond acceptors (Lipinski definition) is 5. The molecule has 0 aliphatic rings. The average molecular weight is 467 g/mol. The summed E-state index contributed by atoms with van der Waals surface area (Å²) in [5.74, 6) is -0.612. The van der Waals surface area contributed by atoms with Crippen LogP contribution < -0.4 is 0 Å². The van der Waals surface area contributed by atoms with Crippen LogP contribution in [0.15, 0.2) is 54.6 Å². The zero-order chi connectivity index (χ0) is 22.7. The van der Waals surface area contributed by atoms with Gasteiger partial charge in [0.25, 0.3) is 0 Å². The number of nitrogens with zero attached hydrogens (tertiary/aromatic N) is 2. The number of halogens is 1. The van der Waals surface area contributed by atoms with Crippen molar-refractivity contribution in [1.82, 2.24) is 9.55 Å². The molecule has 0 radical (unpaired) electrons. The van der Waals surface area contributed by atoms with Crippen LogP contribution in [0.5, 0.6) is 0 Å². The van der Waals surface area contributed by atoms with Gasteiger partial charge in [-0.2, -0.15) is 0 Å². The molecule has 0 saturated heterocycles. The standard InChI is InChI=1S/C25H23ClN2O3S/c1-16-13-19(17(2)28(16)14-18-7-3-4-8-20(18)26)22(29)15-31-25(30)12-11-24-27-21-9-5-6-10-23(21)32-24/h3-10,13H,11-12,14-15H2,1-2H3. The van der Waals surface area contributed by atoms with E-state index >= 15 is 0 Å². The van der Waals surface area contributed by atoms with Gasteiger partial charge < -0.3 is 9.30 Å². The second-order valence-corrected chi connectivity index (χ2v) is 9.14. The Morgan fingerprint density at radius 1 is 1.09 bits per heavy atom. The Bertz CT molecular complexity index is 1260. The maximum atomic E-state index is 12.7. The summed E-state index contributed by atoms with van der Waals surface area (Å²) in [6.07, 6.45) is 0.692. The number of thiazole rings is 1. The van der Waals surface area contributed by atoms with E-state index in [9.17, 15) is 9.59 Å². The molecule has 2 aromatic carbocycles. The smallest absolute Gasteiger partial charge is 0.306 e. The van der Waals surface area contributed by atoms with Crippen LogP contribution >= 0.6 is 22.9 Å². The zero-order valence-electron chi connectivity index (χ0n) is 17.9. The highest BCUT2D eigenvalue weighted by Gasteiger charge is 2.18. The lowest BCUT2D eigenvalue weighted by Gasteiger charge is -2.11. The van der Waals surface area contributed by atoms with Gasteiger partial charge in [-0.05, 0) is 43.7 Å². The summed E-state index contributed by atoms with van der Waals surface area (Å²) in [7, 11) is 0. The summed E-state index contributed by atoms with van der Waals surface area (Å²) in [6.45, 7) is 4.15. The molecule has 2 aromatic heterocycles. The monoisotopic (exact) mass is 466 g/mol. The third kappa shape index (κ3) is 4.92. The highest BCUT2D eigenvalue weighted by molar-refractivity contribution is 7.18. The summed E-state index contributed by atoms with van der Waals surface area (Å²) in [6, 6.07) is 17.4. The fourth-order valence-corrected chi connectivity index (χ4v) is 4.82. The van der Waals surface area contributed by atoms with Gasteiger partial charge >= 0.3 is 5.97 Å². The van der Waals surface area contributed by atoms with E-state index in [1.54, 1.807) is 11.3 Å². The van der Waals surface area contributed by atoms with E-state index in [2.05, 4.69) is 4.98 Å². The van der Waals surface area contributed by atoms with Gasteiger partial charge in [0.15, 0.2) is 6.61 Å². The number of ether oxygens (including phenoxy) is 1. The minimum absolute atomic E-state index is 0.193. The molecule has 0 amide bonds. The fourth-order valence-electron chi connectivity index (χ4n) is 3.66. The Morgan fingerprint density at radius 2 is 1.84 bits per heavy atom. The number of Topliss-reactive ketones (excluding diaryl/α,β-unsaturated/α-hetero) is 1. The highest BCUT2D eigenvalue weighted by atomic mass is 35.5. The van der Waals surface area contributed by atoms with Crippen LogP contribution in [0.1, 0.15) is 38.7 Å². The Kier molecular flexibility index (Phi) is 6.72. The van der Waals surface area contributed by atoms with Gasteiger partial charge in [0, 0.05) is 34.9 Å². The van der Waals surface area contributed by atoms with Crippen molar-refractivity contribution in [3.63, 3.8) is 0 Å². The van der Waals surface area contributed by atoms with Gasteiger partial charge in [-0.15, -0.1) is 11.3 Å². The van der Waals surface area contributed by atoms with Gasteiger partial charge in [-0.25, -0.2) is 4.98 Å². The minimum atomic E-state index is -0.400. The van der Waals surface area contributed by atoms with Crippen molar-refractivity contribution in [3.05, 3.63) is 87.1 Å². The van der Waals surface area contributed by atoms with E-state index in [1.165, 1.54) is 0 Å². The van der Waals surface area contributed by atoms with Gasteiger partial charge in [0.05, 0.1) is 21.6 Å². The Labute approximate surface area is 195 Å². The molecule has 4 aromatic rings. The number of benzene rings is 2. The van der Waals surface area contributed by atoms with Crippen LogP contribution in [-0.4, -0.2) is 27.9 Å². The Balaban J connectivity index is 1.34. The molecule has 0 spiro atoms. The van der Waals surface area contributed by atoms with Crippen molar-refractivity contribution in [1.29, 1.82) is 0 Å². The first-order chi connectivity index (χ1) is 15.4. The topological polar surface area (TPSA) is 61.2 Å². The first-order valence-corrected chi connectivity index (χ1v) is 11.5. The number of aromatic nitrogens is 2. The molecule has 0 bridgehead atoms. The number of carbonyl (C=O) groups is 2. The molecule has 5 nitrogen and oxygen atoms in total. The molecule has 0 atom stereocenters. The number of esters is 1. The molecule has 4 rings (SSSR count). The molecule has 0 aliphatic carbocycles. The molecule has 0 unspecified atom stereocenters. The largest absolute Gasteiger partial charge is 0.457 e. The predicted octanol–water partition coefficient (Wildman–Crippen LogP) is 5.78. The fraction of sp³-hybridized carbons (Fsp3) is 0.240. The van der Waals surface area contributed by atoms with Crippen molar-refractivity contribution in [2.75, 3.05) is 6.61 Å². The molecule has 7 heteroatoms. The van der Waals surface area contributed by atoms with Crippen molar-refractivity contribution in [2.45, 2.75) is 33.2 Å². The number of ketones is 1. The Morgan fingerprint density at radius 3 is 2.62 bits per heavy atom. The molecule has 32 heavy (non-hydrogen) atoms. The van der Waals surface area contributed by atoms with E-state index in [1.807, 2.05) is 73.0 Å². The summed E-state index contributed by atoms with van der Waals surface area (Å²) in [4.78, 5) is 29.4. The molecule has 164 valence electrons. The molecule has 0 fully saturated rings. The summed E-state index contributed by atoms with van der Waals surface area (Å²) in [5.41, 5.74) is 4.26. The van der Waals surface area contributed by atoms with Crippen LogP contribution in [0.2, 0.25) is 5.02 Å². The number of carbonyl (C=O) groups excluding carboxylic acids is 2. The second kappa shape index (κ2) is 9.67. The summed E-state index contributed by atoms with van der Waals surface area (Å²) >= 11 is 7.86. The second-order valence-electron chi connectivity index (χ2n) is 7.62. The van der Waals surface area contributed by atoms with E-state index in [0.29, 0.717) is 23.6 Å². The first-order valence-electron chi connectivity index (χ1n) is 10.4. The number of para-hydroxylation sites is 1. The van der Waals surface area contributed by atoms with Crippen molar-refractivity contribution < 1.29 is 14.3 Å². The van der Waals surface area contributed by atoms with E-state index in [4.69, 9.17) is 16.3 Å². The lowest BCUT2D eigenvalue weighted by Crippen LogP contribution is -2.15. The molecule has 0 N–H and O–H groups in total. The van der Waals surface area contributed by atoms with Gasteiger partial charge in [0.1, 0.15) is 0 Å².